The van der Waals surface area contributed by atoms with Crippen molar-refractivity contribution >= 4 is 11.7 Å². The summed E-state index contributed by atoms with van der Waals surface area (Å²) < 4.78 is 5.30. The molecule has 1 rings (SSSR count). The average Bonchev–Trinajstić information content (AvgIpc) is 2.37. The molecular formula is C15H23NO3. The molecule has 4 heteroatoms. The SMILES string of the molecule is CCc1cc(N(C)CC(C)(C)C(=O)O)ccc1OC. The zero-order chi connectivity index (χ0) is 14.6. The molecule has 0 aromatic heterocycles. The van der Waals surface area contributed by atoms with E-state index in [1.807, 2.05) is 24.1 Å². The number of benzene rings is 1. The third-order valence-electron chi connectivity index (χ3n) is 3.30. The number of nitrogens with zero attached hydrogens (tertiary/aromatic N) is 1. The molecule has 0 aliphatic heterocycles. The van der Waals surface area contributed by atoms with Crippen molar-refractivity contribution < 1.29 is 14.6 Å². The number of rotatable bonds is 6. The summed E-state index contributed by atoms with van der Waals surface area (Å²) in [7, 11) is 3.57. The van der Waals surface area contributed by atoms with Gasteiger partial charge in [-0.2, -0.15) is 0 Å². The van der Waals surface area contributed by atoms with Crippen molar-refractivity contribution in [2.75, 3.05) is 25.6 Å². The van der Waals surface area contributed by atoms with Crippen molar-refractivity contribution in [3.63, 3.8) is 0 Å². The van der Waals surface area contributed by atoms with E-state index in [0.717, 1.165) is 23.4 Å². The second-order valence-electron chi connectivity index (χ2n) is 5.39. The van der Waals surface area contributed by atoms with Gasteiger partial charge in [0.15, 0.2) is 0 Å². The van der Waals surface area contributed by atoms with Crippen LogP contribution in [0.2, 0.25) is 0 Å². The lowest BCUT2D eigenvalue weighted by atomic mass is 9.93. The summed E-state index contributed by atoms with van der Waals surface area (Å²) in [4.78, 5) is 13.1. The Hall–Kier alpha value is -1.71. The fourth-order valence-corrected chi connectivity index (χ4v) is 2.03. The molecule has 0 spiro atoms. The van der Waals surface area contributed by atoms with Gasteiger partial charge in [0, 0.05) is 19.3 Å². The third-order valence-corrected chi connectivity index (χ3v) is 3.30. The minimum Gasteiger partial charge on any atom is -0.496 e. The number of carbonyl (C=O) groups is 1. The average molecular weight is 265 g/mol. The van der Waals surface area contributed by atoms with E-state index in [4.69, 9.17) is 4.74 Å². The zero-order valence-corrected chi connectivity index (χ0v) is 12.4. The van der Waals surface area contributed by atoms with Gasteiger partial charge in [-0.25, -0.2) is 0 Å². The molecule has 0 aliphatic carbocycles. The highest BCUT2D eigenvalue weighted by molar-refractivity contribution is 5.74. The van der Waals surface area contributed by atoms with Crippen molar-refractivity contribution in [3.8, 4) is 5.75 Å². The van der Waals surface area contributed by atoms with Crippen molar-refractivity contribution in [2.45, 2.75) is 27.2 Å². The van der Waals surface area contributed by atoms with Crippen LogP contribution in [0.25, 0.3) is 0 Å². The van der Waals surface area contributed by atoms with E-state index in [-0.39, 0.29) is 0 Å². The molecule has 4 nitrogen and oxygen atoms in total. The fourth-order valence-electron chi connectivity index (χ4n) is 2.03. The molecule has 1 N–H and O–H groups in total. The van der Waals surface area contributed by atoms with Crippen LogP contribution in [0.15, 0.2) is 18.2 Å². The third kappa shape index (κ3) is 3.63. The minimum atomic E-state index is -0.788. The van der Waals surface area contributed by atoms with Crippen LogP contribution in [-0.4, -0.2) is 31.8 Å². The number of ether oxygens (including phenoxy) is 1. The van der Waals surface area contributed by atoms with Gasteiger partial charge in [0.1, 0.15) is 5.75 Å². The van der Waals surface area contributed by atoms with Gasteiger partial charge in [0.05, 0.1) is 12.5 Å². The molecule has 0 heterocycles. The summed E-state index contributed by atoms with van der Waals surface area (Å²) in [6, 6.07) is 5.94. The maximum absolute atomic E-state index is 11.2. The Morgan fingerprint density at radius 2 is 2.05 bits per heavy atom. The molecule has 0 saturated carbocycles. The lowest BCUT2D eigenvalue weighted by Crippen LogP contribution is -2.37. The molecule has 0 saturated heterocycles. The number of aryl methyl sites for hydroxylation is 1. The summed E-state index contributed by atoms with van der Waals surface area (Å²) >= 11 is 0. The minimum absolute atomic E-state index is 0.456. The van der Waals surface area contributed by atoms with Crippen molar-refractivity contribution in [1.29, 1.82) is 0 Å². The van der Waals surface area contributed by atoms with E-state index >= 15 is 0 Å². The van der Waals surface area contributed by atoms with Crippen molar-refractivity contribution in [3.05, 3.63) is 23.8 Å². The summed E-state index contributed by atoms with van der Waals surface area (Å²) in [5.74, 6) is 0.0840. The first kappa shape index (κ1) is 15.3. The number of anilines is 1. The van der Waals surface area contributed by atoms with Crippen LogP contribution >= 0.6 is 0 Å². The molecule has 0 bridgehead atoms. The fraction of sp³-hybridized carbons (Fsp3) is 0.533. The van der Waals surface area contributed by atoms with Crippen LogP contribution in [0.4, 0.5) is 5.69 Å². The Kier molecular flexibility index (Phi) is 4.81. The Labute approximate surface area is 115 Å². The molecule has 0 atom stereocenters. The lowest BCUT2D eigenvalue weighted by molar-refractivity contribution is -0.146. The van der Waals surface area contributed by atoms with Crippen LogP contribution in [0, 0.1) is 5.41 Å². The van der Waals surface area contributed by atoms with Gasteiger partial charge in [-0.05, 0) is 44.0 Å². The van der Waals surface area contributed by atoms with Crippen LogP contribution in [0.3, 0.4) is 0 Å². The number of aliphatic carboxylic acids is 1. The van der Waals surface area contributed by atoms with E-state index in [9.17, 15) is 9.90 Å². The van der Waals surface area contributed by atoms with Crippen molar-refractivity contribution in [2.24, 2.45) is 5.41 Å². The highest BCUT2D eigenvalue weighted by atomic mass is 16.5. The Bertz CT molecular complexity index is 455. The van der Waals surface area contributed by atoms with E-state index < -0.39 is 11.4 Å². The smallest absolute Gasteiger partial charge is 0.310 e. The number of carboxylic acid groups (broad SMARTS) is 1. The number of hydrogen-bond acceptors (Lipinski definition) is 3. The Balaban J connectivity index is 2.94. The van der Waals surface area contributed by atoms with Crippen LogP contribution < -0.4 is 9.64 Å². The molecule has 1 aromatic carbocycles. The molecule has 19 heavy (non-hydrogen) atoms. The molecule has 0 unspecified atom stereocenters. The molecular weight excluding hydrogens is 242 g/mol. The first-order valence-corrected chi connectivity index (χ1v) is 6.43. The van der Waals surface area contributed by atoms with E-state index in [1.54, 1.807) is 21.0 Å². The lowest BCUT2D eigenvalue weighted by Gasteiger charge is -2.28. The highest BCUT2D eigenvalue weighted by Crippen LogP contribution is 2.27. The number of methoxy groups -OCH3 is 1. The predicted molar refractivity (Wildman–Crippen MR) is 77.1 cm³/mol. The number of carboxylic acids is 1. The first-order chi connectivity index (χ1) is 8.81. The second kappa shape index (κ2) is 5.95. The van der Waals surface area contributed by atoms with E-state index in [2.05, 4.69) is 13.0 Å². The summed E-state index contributed by atoms with van der Waals surface area (Å²) in [5, 5.41) is 9.17. The zero-order valence-electron chi connectivity index (χ0n) is 12.4. The van der Waals surface area contributed by atoms with Gasteiger partial charge in [-0.3, -0.25) is 4.79 Å². The second-order valence-corrected chi connectivity index (χ2v) is 5.39. The highest BCUT2D eigenvalue weighted by Gasteiger charge is 2.28. The monoisotopic (exact) mass is 265 g/mol. The van der Waals surface area contributed by atoms with E-state index in [1.165, 1.54) is 0 Å². The first-order valence-electron chi connectivity index (χ1n) is 6.43. The summed E-state index contributed by atoms with van der Waals surface area (Å²) in [5.41, 5.74) is 1.35. The maximum Gasteiger partial charge on any atom is 0.310 e. The molecule has 0 fully saturated rings. The molecule has 0 aliphatic rings. The van der Waals surface area contributed by atoms with Gasteiger partial charge < -0.3 is 14.7 Å². The standard InChI is InChI=1S/C15H23NO3/c1-6-11-9-12(7-8-13(11)19-5)16(4)10-15(2,3)14(17)18/h7-9H,6,10H2,1-5H3,(H,17,18). The number of hydrogen-bond donors (Lipinski definition) is 1. The van der Waals surface area contributed by atoms with Crippen LogP contribution in [0.5, 0.6) is 5.75 Å². The molecule has 106 valence electrons. The normalized spacial score (nSPS) is 11.2. The van der Waals surface area contributed by atoms with Crippen LogP contribution in [-0.2, 0) is 11.2 Å². The van der Waals surface area contributed by atoms with E-state index in [0.29, 0.717) is 6.54 Å². The molecule has 1 aromatic rings. The van der Waals surface area contributed by atoms with Gasteiger partial charge in [0.25, 0.3) is 0 Å². The summed E-state index contributed by atoms with van der Waals surface area (Å²) in [6.07, 6.45) is 0.882. The Morgan fingerprint density at radius 3 is 2.53 bits per heavy atom. The van der Waals surface area contributed by atoms with Crippen molar-refractivity contribution in [1.82, 2.24) is 0 Å². The molecule has 0 amide bonds. The van der Waals surface area contributed by atoms with Gasteiger partial charge in [-0.1, -0.05) is 6.92 Å². The topological polar surface area (TPSA) is 49.8 Å². The predicted octanol–water partition coefficient (Wildman–Crippen LogP) is 2.80. The Morgan fingerprint density at radius 1 is 1.42 bits per heavy atom. The van der Waals surface area contributed by atoms with Gasteiger partial charge in [0.2, 0.25) is 0 Å². The van der Waals surface area contributed by atoms with Gasteiger partial charge >= 0.3 is 5.97 Å². The van der Waals surface area contributed by atoms with Gasteiger partial charge in [-0.15, -0.1) is 0 Å². The quantitative estimate of drug-likeness (QED) is 0.859. The van der Waals surface area contributed by atoms with Crippen LogP contribution in [0.1, 0.15) is 26.3 Å². The molecule has 0 radical (unpaired) electrons. The largest absolute Gasteiger partial charge is 0.496 e. The summed E-state index contributed by atoms with van der Waals surface area (Å²) in [6.45, 7) is 5.99. The maximum atomic E-state index is 11.2.